The molecule has 0 bridgehead atoms. The van der Waals surface area contributed by atoms with Crippen LogP contribution in [-0.2, 0) is 21.3 Å². The molecule has 0 saturated carbocycles. The van der Waals surface area contributed by atoms with Gasteiger partial charge in [-0.05, 0) is 54.8 Å². The first-order chi connectivity index (χ1) is 18.7. The number of hydrogen-bond acceptors (Lipinski definition) is 7. The maximum Gasteiger partial charge on any atom is 0.261 e. The third kappa shape index (κ3) is 7.14. The maximum absolute atomic E-state index is 13.6. The third-order valence-electron chi connectivity index (χ3n) is 6.99. The molecule has 0 fully saturated rings. The summed E-state index contributed by atoms with van der Waals surface area (Å²) in [4.78, 5) is 21.9. The van der Waals surface area contributed by atoms with Crippen LogP contribution >= 0.6 is 0 Å². The van der Waals surface area contributed by atoms with Crippen LogP contribution in [0.1, 0.15) is 29.8 Å². The van der Waals surface area contributed by atoms with Crippen LogP contribution in [0.25, 0.3) is 0 Å². The Morgan fingerprint density at radius 3 is 2.54 bits per heavy atom. The Labute approximate surface area is 230 Å². The van der Waals surface area contributed by atoms with E-state index < -0.39 is 10.0 Å². The summed E-state index contributed by atoms with van der Waals surface area (Å²) in [6.07, 6.45) is 3.42. The number of methoxy groups -OCH3 is 1. The summed E-state index contributed by atoms with van der Waals surface area (Å²) < 4.78 is 40.4. The molecule has 0 unspecified atom stereocenters. The number of pyridine rings is 1. The van der Waals surface area contributed by atoms with Crippen molar-refractivity contribution < 1.29 is 22.7 Å². The molecule has 9 nitrogen and oxygen atoms in total. The quantitative estimate of drug-likeness (QED) is 0.495. The SMILES string of the molecule is CO[C@@H]1CN(C)C(=O)c2cc(NS(=O)(=O)c3ccccc3)ccc2OC[C@H](C)N(Cc2cccnc2)C[C@@H]1C. The number of rotatable bonds is 6. The van der Waals surface area contributed by atoms with Crippen LogP contribution in [-0.4, -0.2) is 75.1 Å². The number of hydrogen-bond donors (Lipinski definition) is 1. The molecule has 3 aromatic rings. The van der Waals surface area contributed by atoms with Crippen molar-refractivity contribution in [2.45, 2.75) is 37.4 Å². The lowest BCUT2D eigenvalue weighted by Crippen LogP contribution is -2.46. The minimum Gasteiger partial charge on any atom is -0.491 e. The summed E-state index contributed by atoms with van der Waals surface area (Å²) in [5.41, 5.74) is 1.65. The van der Waals surface area contributed by atoms with Gasteiger partial charge in [-0.2, -0.15) is 0 Å². The van der Waals surface area contributed by atoms with Crippen LogP contribution in [0.2, 0.25) is 0 Å². The number of nitrogens with one attached hydrogen (secondary N) is 1. The highest BCUT2D eigenvalue weighted by Gasteiger charge is 2.29. The van der Waals surface area contributed by atoms with Gasteiger partial charge in [-0.1, -0.05) is 31.2 Å². The molecule has 0 radical (unpaired) electrons. The van der Waals surface area contributed by atoms with Crippen LogP contribution in [0, 0.1) is 5.92 Å². The number of aromatic nitrogens is 1. The molecule has 3 atom stereocenters. The number of ether oxygens (including phenoxy) is 2. The molecule has 1 aliphatic rings. The molecule has 0 saturated heterocycles. The van der Waals surface area contributed by atoms with E-state index in [4.69, 9.17) is 9.47 Å². The van der Waals surface area contributed by atoms with Crippen LogP contribution in [0.3, 0.4) is 0 Å². The fourth-order valence-corrected chi connectivity index (χ4v) is 5.75. The monoisotopic (exact) mass is 552 g/mol. The molecule has 10 heteroatoms. The molecule has 1 aliphatic heterocycles. The first-order valence-electron chi connectivity index (χ1n) is 12.9. The predicted molar refractivity (Wildman–Crippen MR) is 150 cm³/mol. The molecular weight excluding hydrogens is 516 g/mol. The fourth-order valence-electron chi connectivity index (χ4n) is 4.68. The second-order valence-corrected chi connectivity index (χ2v) is 11.7. The largest absolute Gasteiger partial charge is 0.491 e. The lowest BCUT2D eigenvalue weighted by molar-refractivity contribution is 0.00920. The molecule has 2 aromatic carbocycles. The van der Waals surface area contributed by atoms with Crippen molar-refractivity contribution in [1.82, 2.24) is 14.8 Å². The molecule has 0 spiro atoms. The molecular formula is C29H36N4O5S. The van der Waals surface area contributed by atoms with Gasteiger partial charge >= 0.3 is 0 Å². The van der Waals surface area contributed by atoms with Gasteiger partial charge in [-0.3, -0.25) is 19.4 Å². The zero-order valence-electron chi connectivity index (χ0n) is 22.8. The van der Waals surface area contributed by atoms with E-state index in [2.05, 4.69) is 34.5 Å². The van der Waals surface area contributed by atoms with Gasteiger partial charge in [0.25, 0.3) is 15.9 Å². The summed E-state index contributed by atoms with van der Waals surface area (Å²) in [7, 11) is -0.448. The van der Waals surface area contributed by atoms with Crippen LogP contribution in [0.4, 0.5) is 5.69 Å². The third-order valence-corrected chi connectivity index (χ3v) is 8.39. The Balaban J connectivity index is 1.65. The average Bonchev–Trinajstić information content (AvgIpc) is 2.94. The Morgan fingerprint density at radius 1 is 1.08 bits per heavy atom. The highest BCUT2D eigenvalue weighted by molar-refractivity contribution is 7.92. The number of carbonyl (C=O) groups is 1. The van der Waals surface area contributed by atoms with Crippen molar-refractivity contribution in [3.63, 3.8) is 0 Å². The van der Waals surface area contributed by atoms with Gasteiger partial charge in [0.05, 0.1) is 16.6 Å². The average molecular weight is 553 g/mol. The second-order valence-electron chi connectivity index (χ2n) is 10.0. The van der Waals surface area contributed by atoms with Gasteiger partial charge in [0.2, 0.25) is 0 Å². The smallest absolute Gasteiger partial charge is 0.261 e. The summed E-state index contributed by atoms with van der Waals surface area (Å²) >= 11 is 0. The summed E-state index contributed by atoms with van der Waals surface area (Å²) in [5, 5.41) is 0. The number of likely N-dealkylation sites (N-methyl/N-ethyl adjacent to an activating group) is 1. The van der Waals surface area contributed by atoms with Crippen LogP contribution < -0.4 is 9.46 Å². The first kappa shape index (κ1) is 28.5. The minimum atomic E-state index is -3.82. The van der Waals surface area contributed by atoms with Gasteiger partial charge in [-0.25, -0.2) is 8.42 Å². The summed E-state index contributed by atoms with van der Waals surface area (Å²) in [5.74, 6) is 0.234. The number of amides is 1. The molecule has 2 heterocycles. The van der Waals surface area contributed by atoms with E-state index in [0.29, 0.717) is 25.4 Å². The second kappa shape index (κ2) is 12.6. The Morgan fingerprint density at radius 2 is 1.85 bits per heavy atom. The number of anilines is 1. The van der Waals surface area contributed by atoms with Gasteiger partial charge in [0.1, 0.15) is 12.4 Å². The highest BCUT2D eigenvalue weighted by Crippen LogP contribution is 2.28. The van der Waals surface area contributed by atoms with Gasteiger partial charge in [0.15, 0.2) is 0 Å². The lowest BCUT2D eigenvalue weighted by atomic mass is 10.0. The molecule has 1 amide bonds. The van der Waals surface area contributed by atoms with Crippen molar-refractivity contribution in [2.75, 3.05) is 38.6 Å². The molecule has 1 N–H and O–H groups in total. The Kier molecular flexibility index (Phi) is 9.21. The van der Waals surface area contributed by atoms with E-state index >= 15 is 0 Å². The molecule has 39 heavy (non-hydrogen) atoms. The van der Waals surface area contributed by atoms with Gasteiger partial charge in [-0.15, -0.1) is 0 Å². The van der Waals surface area contributed by atoms with Crippen molar-refractivity contribution >= 4 is 21.6 Å². The standard InChI is InChI=1S/C29H36N4O5S/c1-21-17-33(18-23-9-8-14-30-16-23)22(2)20-38-27-13-12-24(31-39(35,36)25-10-6-5-7-11-25)15-26(27)29(34)32(3)19-28(21)37-4/h5-16,21-22,28,31H,17-20H2,1-4H3/t21-,22-,28+/m0/s1. The molecule has 0 aliphatic carbocycles. The first-order valence-corrected chi connectivity index (χ1v) is 14.4. The van der Waals surface area contributed by atoms with Crippen LogP contribution in [0.15, 0.2) is 78.0 Å². The fraction of sp³-hybridized carbons (Fsp3) is 0.379. The predicted octanol–water partition coefficient (Wildman–Crippen LogP) is 3.89. The maximum atomic E-state index is 13.6. The summed E-state index contributed by atoms with van der Waals surface area (Å²) in [6, 6.07) is 16.9. The number of carbonyl (C=O) groups excluding carboxylic acids is 1. The van der Waals surface area contributed by atoms with E-state index in [9.17, 15) is 13.2 Å². The van der Waals surface area contributed by atoms with Gasteiger partial charge in [0, 0.05) is 57.9 Å². The molecule has 208 valence electrons. The van der Waals surface area contributed by atoms with Crippen LogP contribution in [0.5, 0.6) is 5.75 Å². The van der Waals surface area contributed by atoms with Gasteiger partial charge < -0.3 is 14.4 Å². The van der Waals surface area contributed by atoms with Crippen molar-refractivity contribution in [3.8, 4) is 5.75 Å². The lowest BCUT2D eigenvalue weighted by Gasteiger charge is -2.36. The minimum absolute atomic E-state index is 0.0153. The zero-order valence-corrected chi connectivity index (χ0v) is 23.6. The Bertz CT molecular complexity index is 1350. The van der Waals surface area contributed by atoms with E-state index in [-0.39, 0.29) is 40.1 Å². The highest BCUT2D eigenvalue weighted by atomic mass is 32.2. The van der Waals surface area contributed by atoms with E-state index in [1.807, 2.05) is 12.3 Å². The zero-order chi connectivity index (χ0) is 28.0. The van der Waals surface area contributed by atoms with E-state index in [0.717, 1.165) is 12.1 Å². The van der Waals surface area contributed by atoms with Crippen molar-refractivity contribution in [1.29, 1.82) is 0 Å². The number of fused-ring (bicyclic) bond motifs is 1. The molecule has 4 rings (SSSR count). The number of benzene rings is 2. The summed E-state index contributed by atoms with van der Waals surface area (Å²) in [6.45, 7) is 6.35. The molecule has 1 aromatic heterocycles. The Hall–Kier alpha value is -3.47. The van der Waals surface area contributed by atoms with Crippen molar-refractivity contribution in [2.24, 2.45) is 5.92 Å². The number of sulfonamides is 1. The normalized spacial score (nSPS) is 21.3. The van der Waals surface area contributed by atoms with E-state index in [1.165, 1.54) is 18.2 Å². The number of nitrogens with zero attached hydrogens (tertiary/aromatic N) is 3. The van der Waals surface area contributed by atoms with Crippen molar-refractivity contribution in [3.05, 3.63) is 84.2 Å². The van der Waals surface area contributed by atoms with E-state index in [1.54, 1.807) is 55.6 Å². The topological polar surface area (TPSA) is 101 Å².